The van der Waals surface area contributed by atoms with Gasteiger partial charge < -0.3 is 0 Å². The van der Waals surface area contributed by atoms with Crippen molar-refractivity contribution in [3.63, 3.8) is 0 Å². The van der Waals surface area contributed by atoms with E-state index in [0.717, 1.165) is 5.71 Å². The Balaban J connectivity index is 2.03. The summed E-state index contributed by atoms with van der Waals surface area (Å²) < 4.78 is 0. The highest BCUT2D eigenvalue weighted by Gasteiger charge is 2.23. The molecular formula is C15H20N2O. The summed E-state index contributed by atoms with van der Waals surface area (Å²) in [5.41, 5.74) is 4.46. The summed E-state index contributed by atoms with van der Waals surface area (Å²) in [6, 6.07) is 9.20. The van der Waals surface area contributed by atoms with Crippen molar-refractivity contribution < 1.29 is 4.79 Å². The molecule has 1 aliphatic rings. The van der Waals surface area contributed by atoms with E-state index < -0.39 is 0 Å². The lowest BCUT2D eigenvalue weighted by Gasteiger charge is -2.26. The molecule has 0 radical (unpaired) electrons. The van der Waals surface area contributed by atoms with Crippen LogP contribution in [0.3, 0.4) is 0 Å². The number of nitrogens with one attached hydrogen (secondary N) is 1. The van der Waals surface area contributed by atoms with Crippen molar-refractivity contribution >= 4 is 11.6 Å². The van der Waals surface area contributed by atoms with Crippen molar-refractivity contribution in [3.05, 3.63) is 35.9 Å². The number of carbonyl (C=O) groups excluding carboxylic acids is 1. The molecule has 0 aromatic heterocycles. The number of rotatable bonds is 2. The van der Waals surface area contributed by atoms with Crippen LogP contribution in [0.4, 0.5) is 0 Å². The highest BCUT2D eigenvalue weighted by atomic mass is 16.2. The summed E-state index contributed by atoms with van der Waals surface area (Å²) in [6.07, 6.45) is 3.60. The SMILES string of the molecule is C[C@H]1CCC[C@H](C)C1=NNC(=O)c1ccccc1. The first-order chi connectivity index (χ1) is 8.68. The van der Waals surface area contributed by atoms with E-state index in [1.54, 1.807) is 12.1 Å². The van der Waals surface area contributed by atoms with Gasteiger partial charge in [0.05, 0.1) is 0 Å². The first-order valence-corrected chi connectivity index (χ1v) is 6.61. The molecule has 0 aliphatic heterocycles. The maximum Gasteiger partial charge on any atom is 0.271 e. The van der Waals surface area contributed by atoms with Crippen molar-refractivity contribution in [2.75, 3.05) is 0 Å². The minimum atomic E-state index is -0.131. The first-order valence-electron chi connectivity index (χ1n) is 6.61. The average Bonchev–Trinajstić information content (AvgIpc) is 2.39. The van der Waals surface area contributed by atoms with Crippen LogP contribution in [-0.2, 0) is 0 Å². The molecule has 96 valence electrons. The standard InChI is InChI=1S/C15H20N2O/c1-11-7-6-8-12(2)14(11)16-17-15(18)13-9-4-3-5-10-13/h3-5,9-12H,6-8H2,1-2H3,(H,17,18)/t11-,12-/m0/s1. The van der Waals surface area contributed by atoms with Crippen LogP contribution in [-0.4, -0.2) is 11.6 Å². The molecule has 1 amide bonds. The maximum atomic E-state index is 11.9. The third kappa shape index (κ3) is 2.97. The predicted octanol–water partition coefficient (Wildman–Crippen LogP) is 3.23. The topological polar surface area (TPSA) is 41.5 Å². The number of nitrogens with zero attached hydrogens (tertiary/aromatic N) is 1. The van der Waals surface area contributed by atoms with Crippen LogP contribution >= 0.6 is 0 Å². The third-order valence-corrected chi connectivity index (χ3v) is 3.61. The number of amides is 1. The molecule has 1 saturated carbocycles. The van der Waals surface area contributed by atoms with Crippen molar-refractivity contribution in [2.24, 2.45) is 16.9 Å². The summed E-state index contributed by atoms with van der Waals surface area (Å²) in [7, 11) is 0. The van der Waals surface area contributed by atoms with E-state index in [4.69, 9.17) is 0 Å². The molecule has 2 atom stereocenters. The molecule has 1 N–H and O–H groups in total. The van der Waals surface area contributed by atoms with Crippen LogP contribution in [0.1, 0.15) is 43.5 Å². The summed E-state index contributed by atoms with van der Waals surface area (Å²) in [5, 5.41) is 4.34. The summed E-state index contributed by atoms with van der Waals surface area (Å²) in [5.74, 6) is 0.822. The molecule has 2 rings (SSSR count). The van der Waals surface area contributed by atoms with Crippen LogP contribution in [0.15, 0.2) is 35.4 Å². The molecule has 0 saturated heterocycles. The minimum absolute atomic E-state index is 0.131. The second-order valence-corrected chi connectivity index (χ2v) is 5.08. The Hall–Kier alpha value is -1.64. The Bertz CT molecular complexity index is 427. The van der Waals surface area contributed by atoms with Gasteiger partial charge >= 0.3 is 0 Å². The Morgan fingerprint density at radius 3 is 2.39 bits per heavy atom. The number of hydrazone groups is 1. The Morgan fingerprint density at radius 2 is 1.78 bits per heavy atom. The van der Waals surface area contributed by atoms with E-state index in [0.29, 0.717) is 17.4 Å². The van der Waals surface area contributed by atoms with Crippen molar-refractivity contribution in [1.82, 2.24) is 5.43 Å². The van der Waals surface area contributed by atoms with Crippen molar-refractivity contribution in [1.29, 1.82) is 0 Å². The van der Waals surface area contributed by atoms with Crippen LogP contribution in [0.2, 0.25) is 0 Å². The van der Waals surface area contributed by atoms with Crippen molar-refractivity contribution in [3.8, 4) is 0 Å². The fourth-order valence-electron chi connectivity index (χ4n) is 2.50. The number of benzene rings is 1. The molecule has 3 heteroatoms. The normalized spacial score (nSPS) is 23.6. The fraction of sp³-hybridized carbons (Fsp3) is 0.467. The van der Waals surface area contributed by atoms with Gasteiger partial charge in [-0.15, -0.1) is 0 Å². The lowest BCUT2D eigenvalue weighted by Crippen LogP contribution is -2.29. The van der Waals surface area contributed by atoms with Crippen molar-refractivity contribution in [2.45, 2.75) is 33.1 Å². The van der Waals surface area contributed by atoms with Gasteiger partial charge in [-0.3, -0.25) is 4.79 Å². The van der Waals surface area contributed by atoms with E-state index >= 15 is 0 Å². The molecule has 0 unspecified atom stereocenters. The van der Waals surface area contributed by atoms with E-state index in [2.05, 4.69) is 24.4 Å². The molecule has 1 aromatic rings. The van der Waals surface area contributed by atoms with E-state index in [1.165, 1.54) is 19.3 Å². The molecule has 3 nitrogen and oxygen atoms in total. The van der Waals surface area contributed by atoms with Gasteiger partial charge in [-0.05, 0) is 36.8 Å². The number of hydrogen-bond acceptors (Lipinski definition) is 2. The third-order valence-electron chi connectivity index (χ3n) is 3.61. The van der Waals surface area contributed by atoms with E-state index in [-0.39, 0.29) is 5.91 Å². The zero-order chi connectivity index (χ0) is 13.0. The lowest BCUT2D eigenvalue weighted by atomic mass is 9.81. The quantitative estimate of drug-likeness (QED) is 0.797. The summed E-state index contributed by atoms with van der Waals surface area (Å²) >= 11 is 0. The molecule has 18 heavy (non-hydrogen) atoms. The second-order valence-electron chi connectivity index (χ2n) is 5.08. The van der Waals surface area contributed by atoms with Crippen LogP contribution in [0, 0.1) is 11.8 Å². The van der Waals surface area contributed by atoms with Gasteiger partial charge in [-0.2, -0.15) is 5.10 Å². The van der Waals surface area contributed by atoms with Gasteiger partial charge in [0, 0.05) is 11.3 Å². The first kappa shape index (κ1) is 12.8. The van der Waals surface area contributed by atoms with E-state index in [9.17, 15) is 4.79 Å². The molecular weight excluding hydrogens is 224 g/mol. The largest absolute Gasteiger partial charge is 0.271 e. The zero-order valence-corrected chi connectivity index (χ0v) is 11.0. The maximum absolute atomic E-state index is 11.9. The summed E-state index contributed by atoms with van der Waals surface area (Å²) in [4.78, 5) is 11.9. The van der Waals surface area contributed by atoms with Crippen LogP contribution in [0.25, 0.3) is 0 Å². The Labute approximate surface area is 108 Å². The lowest BCUT2D eigenvalue weighted by molar-refractivity contribution is 0.0954. The van der Waals surface area contributed by atoms with Gasteiger partial charge in [0.25, 0.3) is 5.91 Å². The average molecular weight is 244 g/mol. The molecule has 1 aliphatic carbocycles. The second kappa shape index (κ2) is 5.80. The fourth-order valence-corrected chi connectivity index (χ4v) is 2.50. The number of hydrogen-bond donors (Lipinski definition) is 1. The summed E-state index contributed by atoms with van der Waals surface area (Å²) in [6.45, 7) is 4.37. The van der Waals surface area contributed by atoms with Gasteiger partial charge in [0.2, 0.25) is 0 Å². The van der Waals surface area contributed by atoms with Gasteiger partial charge in [0.1, 0.15) is 0 Å². The monoisotopic (exact) mass is 244 g/mol. The van der Waals surface area contributed by atoms with Gasteiger partial charge in [-0.1, -0.05) is 38.5 Å². The number of carbonyl (C=O) groups is 1. The zero-order valence-electron chi connectivity index (χ0n) is 11.0. The van der Waals surface area contributed by atoms with Crippen LogP contribution in [0.5, 0.6) is 0 Å². The van der Waals surface area contributed by atoms with E-state index in [1.807, 2.05) is 18.2 Å². The Kier molecular flexibility index (Phi) is 4.13. The van der Waals surface area contributed by atoms with Gasteiger partial charge in [0.15, 0.2) is 0 Å². The smallest absolute Gasteiger partial charge is 0.267 e. The highest BCUT2D eigenvalue weighted by molar-refractivity contribution is 5.96. The minimum Gasteiger partial charge on any atom is -0.267 e. The molecule has 0 heterocycles. The van der Waals surface area contributed by atoms with Crippen LogP contribution < -0.4 is 5.43 Å². The molecule has 0 bridgehead atoms. The molecule has 0 spiro atoms. The molecule has 1 fully saturated rings. The predicted molar refractivity (Wildman–Crippen MR) is 73.5 cm³/mol. The van der Waals surface area contributed by atoms with Gasteiger partial charge in [-0.25, -0.2) is 5.43 Å². The highest BCUT2D eigenvalue weighted by Crippen LogP contribution is 2.25. The molecule has 1 aromatic carbocycles. The Morgan fingerprint density at radius 1 is 1.17 bits per heavy atom.